The number of benzene rings is 1. The largest absolute Gasteiger partial charge is 0.339 e. The molecule has 19 heavy (non-hydrogen) atoms. The highest BCUT2D eigenvalue weighted by molar-refractivity contribution is 7.17. The summed E-state index contributed by atoms with van der Waals surface area (Å²) in [5.41, 5.74) is 2.29. The van der Waals surface area contributed by atoms with Gasteiger partial charge in [0.2, 0.25) is 0 Å². The molecular formula is C14H12N4S. The third kappa shape index (κ3) is 1.96. The number of fused-ring (bicyclic) bond motifs is 1. The van der Waals surface area contributed by atoms with Crippen LogP contribution in [0.5, 0.6) is 0 Å². The molecule has 0 aliphatic heterocycles. The van der Waals surface area contributed by atoms with Gasteiger partial charge in [0, 0.05) is 17.4 Å². The smallest absolute Gasteiger partial charge is 0.146 e. The summed E-state index contributed by atoms with van der Waals surface area (Å²) < 4.78 is 2.96. The van der Waals surface area contributed by atoms with E-state index in [1.165, 1.54) is 10.1 Å². The van der Waals surface area contributed by atoms with Gasteiger partial charge in [0.15, 0.2) is 0 Å². The van der Waals surface area contributed by atoms with Gasteiger partial charge < -0.3 is 5.32 Å². The maximum absolute atomic E-state index is 9.19. The second-order valence-electron chi connectivity index (χ2n) is 4.34. The van der Waals surface area contributed by atoms with Gasteiger partial charge in [-0.05, 0) is 42.0 Å². The van der Waals surface area contributed by atoms with Gasteiger partial charge in [-0.2, -0.15) is 10.4 Å². The van der Waals surface area contributed by atoms with E-state index in [9.17, 15) is 5.26 Å². The molecule has 0 fully saturated rings. The van der Waals surface area contributed by atoms with Crippen LogP contribution in [0.3, 0.4) is 0 Å². The third-order valence-electron chi connectivity index (χ3n) is 3.05. The number of nitriles is 1. The van der Waals surface area contributed by atoms with E-state index >= 15 is 0 Å². The summed E-state index contributed by atoms with van der Waals surface area (Å²) in [6.45, 7) is 1.84. The molecule has 0 unspecified atom stereocenters. The van der Waals surface area contributed by atoms with Gasteiger partial charge in [-0.1, -0.05) is 0 Å². The zero-order valence-electron chi connectivity index (χ0n) is 10.6. The quantitative estimate of drug-likeness (QED) is 0.773. The Kier molecular flexibility index (Phi) is 2.73. The first-order valence-corrected chi connectivity index (χ1v) is 6.75. The highest BCUT2D eigenvalue weighted by Gasteiger charge is 2.12. The number of rotatable bonds is 2. The average molecular weight is 268 g/mol. The van der Waals surface area contributed by atoms with Gasteiger partial charge in [0.25, 0.3) is 0 Å². The van der Waals surface area contributed by atoms with Crippen molar-refractivity contribution in [1.29, 1.82) is 5.26 Å². The zero-order valence-corrected chi connectivity index (χ0v) is 11.5. The van der Waals surface area contributed by atoms with Crippen molar-refractivity contribution in [3.05, 3.63) is 40.9 Å². The lowest BCUT2D eigenvalue weighted by molar-refractivity contribution is 0.765. The molecule has 0 amide bonds. The van der Waals surface area contributed by atoms with Crippen LogP contribution in [0.25, 0.3) is 10.1 Å². The Morgan fingerprint density at radius 2 is 2.21 bits per heavy atom. The minimum Gasteiger partial charge on any atom is -0.339 e. The SMILES string of the molecule is Cc1nn(C)c(Nc2ccc3sccc3c2)c1C#N. The third-order valence-corrected chi connectivity index (χ3v) is 3.95. The van der Waals surface area contributed by atoms with Crippen LogP contribution in [0.4, 0.5) is 11.5 Å². The molecule has 0 aliphatic rings. The molecule has 3 aromatic rings. The molecule has 0 spiro atoms. The summed E-state index contributed by atoms with van der Waals surface area (Å²) in [5.74, 6) is 0.731. The average Bonchev–Trinajstić information content (AvgIpc) is 2.94. The maximum atomic E-state index is 9.19. The summed E-state index contributed by atoms with van der Waals surface area (Å²) in [6.07, 6.45) is 0. The highest BCUT2D eigenvalue weighted by atomic mass is 32.1. The Morgan fingerprint density at radius 3 is 3.00 bits per heavy atom. The van der Waals surface area contributed by atoms with E-state index in [4.69, 9.17) is 0 Å². The van der Waals surface area contributed by atoms with Crippen LogP contribution < -0.4 is 5.32 Å². The van der Waals surface area contributed by atoms with E-state index in [0.717, 1.165) is 17.2 Å². The fourth-order valence-electron chi connectivity index (χ4n) is 2.12. The van der Waals surface area contributed by atoms with Crippen molar-refractivity contribution in [1.82, 2.24) is 9.78 Å². The monoisotopic (exact) mass is 268 g/mol. The number of hydrogen-bond donors (Lipinski definition) is 1. The summed E-state index contributed by atoms with van der Waals surface area (Å²) in [7, 11) is 1.83. The molecule has 0 radical (unpaired) electrons. The van der Waals surface area contributed by atoms with Gasteiger partial charge in [0.05, 0.1) is 5.69 Å². The van der Waals surface area contributed by atoms with E-state index < -0.39 is 0 Å². The summed E-state index contributed by atoms with van der Waals surface area (Å²) in [6, 6.07) is 10.5. The first kappa shape index (κ1) is 11.8. The van der Waals surface area contributed by atoms with E-state index in [1.807, 2.05) is 20.0 Å². The minimum atomic E-state index is 0.591. The molecule has 2 heterocycles. The van der Waals surface area contributed by atoms with Crippen molar-refractivity contribution in [3.8, 4) is 6.07 Å². The Labute approximate surface area is 114 Å². The van der Waals surface area contributed by atoms with Crippen molar-refractivity contribution >= 4 is 32.9 Å². The van der Waals surface area contributed by atoms with E-state index in [-0.39, 0.29) is 0 Å². The maximum Gasteiger partial charge on any atom is 0.146 e. The van der Waals surface area contributed by atoms with Crippen molar-refractivity contribution in [3.63, 3.8) is 0 Å². The van der Waals surface area contributed by atoms with Crippen LogP contribution in [0.15, 0.2) is 29.6 Å². The van der Waals surface area contributed by atoms with Crippen molar-refractivity contribution in [2.24, 2.45) is 7.05 Å². The Morgan fingerprint density at radius 1 is 1.37 bits per heavy atom. The number of nitrogens with zero attached hydrogens (tertiary/aromatic N) is 3. The van der Waals surface area contributed by atoms with Crippen LogP contribution in [0, 0.1) is 18.3 Å². The molecule has 1 aromatic carbocycles. The molecular weight excluding hydrogens is 256 g/mol. The molecule has 5 heteroatoms. The molecule has 0 atom stereocenters. The summed E-state index contributed by atoms with van der Waals surface area (Å²) in [4.78, 5) is 0. The van der Waals surface area contributed by atoms with Crippen LogP contribution in [-0.4, -0.2) is 9.78 Å². The second kappa shape index (κ2) is 4.41. The van der Waals surface area contributed by atoms with Gasteiger partial charge in [-0.3, -0.25) is 4.68 Å². The fraction of sp³-hybridized carbons (Fsp3) is 0.143. The molecule has 2 aromatic heterocycles. The Bertz CT molecular complexity index is 791. The van der Waals surface area contributed by atoms with Gasteiger partial charge in [-0.15, -0.1) is 11.3 Å². The summed E-state index contributed by atoms with van der Waals surface area (Å²) >= 11 is 1.72. The lowest BCUT2D eigenvalue weighted by Crippen LogP contribution is -2.00. The van der Waals surface area contributed by atoms with Crippen LogP contribution in [-0.2, 0) is 7.05 Å². The molecule has 3 rings (SSSR count). The Hall–Kier alpha value is -2.32. The highest BCUT2D eigenvalue weighted by Crippen LogP contribution is 2.27. The predicted octanol–water partition coefficient (Wildman–Crippen LogP) is 3.56. The molecule has 94 valence electrons. The lowest BCUT2D eigenvalue weighted by Gasteiger charge is -2.07. The van der Waals surface area contributed by atoms with Crippen LogP contribution in [0.2, 0.25) is 0 Å². The molecule has 0 bridgehead atoms. The van der Waals surface area contributed by atoms with Crippen molar-refractivity contribution < 1.29 is 0 Å². The molecule has 4 nitrogen and oxygen atoms in total. The molecule has 0 saturated heterocycles. The van der Waals surface area contributed by atoms with Crippen LogP contribution >= 0.6 is 11.3 Å². The first-order valence-electron chi connectivity index (χ1n) is 5.87. The van der Waals surface area contributed by atoms with Gasteiger partial charge in [-0.25, -0.2) is 0 Å². The molecule has 0 saturated carbocycles. The number of nitrogens with one attached hydrogen (secondary N) is 1. The van der Waals surface area contributed by atoms with Crippen molar-refractivity contribution in [2.75, 3.05) is 5.32 Å². The molecule has 0 aliphatic carbocycles. The fourth-order valence-corrected chi connectivity index (χ4v) is 2.89. The normalized spacial score (nSPS) is 10.6. The van der Waals surface area contributed by atoms with Gasteiger partial charge in [0.1, 0.15) is 17.5 Å². The minimum absolute atomic E-state index is 0.591. The number of aromatic nitrogens is 2. The predicted molar refractivity (Wildman–Crippen MR) is 77.8 cm³/mol. The van der Waals surface area contributed by atoms with E-state index in [0.29, 0.717) is 5.56 Å². The lowest BCUT2D eigenvalue weighted by atomic mass is 10.2. The number of anilines is 2. The number of hydrogen-bond acceptors (Lipinski definition) is 4. The first-order chi connectivity index (χ1) is 9.19. The number of thiophene rings is 1. The second-order valence-corrected chi connectivity index (χ2v) is 5.29. The topological polar surface area (TPSA) is 53.6 Å². The van der Waals surface area contributed by atoms with Crippen molar-refractivity contribution in [2.45, 2.75) is 6.92 Å². The molecule has 1 N–H and O–H groups in total. The van der Waals surface area contributed by atoms with E-state index in [2.05, 4.69) is 40.1 Å². The van der Waals surface area contributed by atoms with Gasteiger partial charge >= 0.3 is 0 Å². The van der Waals surface area contributed by atoms with E-state index in [1.54, 1.807) is 16.0 Å². The zero-order chi connectivity index (χ0) is 13.4. The van der Waals surface area contributed by atoms with Crippen LogP contribution in [0.1, 0.15) is 11.3 Å². The Balaban J connectivity index is 2.03. The standard InChI is InChI=1S/C14H12N4S/c1-9-12(8-15)14(18(2)17-9)16-11-3-4-13-10(7-11)5-6-19-13/h3-7,16H,1-2H3. The number of aryl methyl sites for hydroxylation is 2. The summed E-state index contributed by atoms with van der Waals surface area (Å²) in [5, 5.41) is 20.0.